The number of nitrogens with one attached hydrogen (secondary N) is 1. The van der Waals surface area contributed by atoms with E-state index in [0.29, 0.717) is 11.3 Å². The number of rotatable bonds is 3. The minimum absolute atomic E-state index is 0.151. The van der Waals surface area contributed by atoms with E-state index in [0.717, 1.165) is 5.56 Å². The van der Waals surface area contributed by atoms with E-state index in [4.69, 9.17) is 0 Å². The van der Waals surface area contributed by atoms with Crippen LogP contribution in [-0.4, -0.2) is 19.0 Å². The molecule has 1 N–H and O–H groups in total. The molecule has 0 saturated heterocycles. The van der Waals surface area contributed by atoms with Crippen molar-refractivity contribution in [2.75, 3.05) is 7.11 Å². The second-order valence-corrected chi connectivity index (χ2v) is 3.46. The van der Waals surface area contributed by atoms with Gasteiger partial charge in [0.2, 0.25) is 5.91 Å². The first-order valence-corrected chi connectivity index (χ1v) is 5.21. The van der Waals surface area contributed by atoms with Crippen LogP contribution < -0.4 is 5.32 Å². The Kier molecular flexibility index (Phi) is 4.46. The summed E-state index contributed by atoms with van der Waals surface area (Å²) in [6.45, 7) is 3.25. The minimum atomic E-state index is -0.398. The van der Waals surface area contributed by atoms with E-state index in [2.05, 4.69) is 10.1 Å². The summed E-state index contributed by atoms with van der Waals surface area (Å²) in [5.41, 5.74) is 1.89. The molecular formula is C13H15NO3. The van der Waals surface area contributed by atoms with Crippen molar-refractivity contribution in [2.45, 2.75) is 13.8 Å². The van der Waals surface area contributed by atoms with Gasteiger partial charge in [-0.15, -0.1) is 0 Å². The predicted molar refractivity (Wildman–Crippen MR) is 65.2 cm³/mol. The van der Waals surface area contributed by atoms with Crippen LogP contribution in [0.4, 0.5) is 0 Å². The topological polar surface area (TPSA) is 55.4 Å². The van der Waals surface area contributed by atoms with E-state index in [9.17, 15) is 9.59 Å². The summed E-state index contributed by atoms with van der Waals surface area (Å²) in [5, 5.41) is 2.70. The zero-order chi connectivity index (χ0) is 12.8. The molecule has 4 nitrogen and oxygen atoms in total. The van der Waals surface area contributed by atoms with Crippen LogP contribution in [0.5, 0.6) is 0 Å². The van der Waals surface area contributed by atoms with E-state index in [1.807, 2.05) is 13.0 Å². The maximum absolute atomic E-state index is 11.4. The fraction of sp³-hybridized carbons (Fsp3) is 0.231. The SMILES string of the molecule is CC=C(NC(C)=O)c1cccc(C(=O)OC)c1. The Morgan fingerprint density at radius 1 is 1.29 bits per heavy atom. The summed E-state index contributed by atoms with van der Waals surface area (Å²) in [7, 11) is 1.33. The number of hydrogen-bond donors (Lipinski definition) is 1. The summed E-state index contributed by atoms with van der Waals surface area (Å²) in [4.78, 5) is 22.4. The Morgan fingerprint density at radius 3 is 2.47 bits per heavy atom. The molecule has 0 aliphatic carbocycles. The predicted octanol–water partition coefficient (Wildman–Crippen LogP) is 1.97. The van der Waals surface area contributed by atoms with Crippen LogP contribution in [0.3, 0.4) is 0 Å². The number of esters is 1. The van der Waals surface area contributed by atoms with E-state index in [1.54, 1.807) is 24.3 Å². The van der Waals surface area contributed by atoms with Crippen LogP contribution in [0, 0.1) is 0 Å². The number of carbonyl (C=O) groups excluding carboxylic acids is 2. The maximum atomic E-state index is 11.4. The highest BCUT2D eigenvalue weighted by atomic mass is 16.5. The molecule has 90 valence electrons. The van der Waals surface area contributed by atoms with Gasteiger partial charge in [-0.25, -0.2) is 4.79 Å². The first kappa shape index (κ1) is 13.0. The van der Waals surface area contributed by atoms with Crippen LogP contribution in [0.2, 0.25) is 0 Å². The molecule has 0 heterocycles. The molecule has 0 aromatic heterocycles. The molecule has 0 spiro atoms. The smallest absolute Gasteiger partial charge is 0.337 e. The summed E-state index contributed by atoms with van der Waals surface area (Å²) in [6.07, 6.45) is 1.78. The lowest BCUT2D eigenvalue weighted by Gasteiger charge is -2.09. The quantitative estimate of drug-likeness (QED) is 0.812. The van der Waals surface area contributed by atoms with Gasteiger partial charge >= 0.3 is 5.97 Å². The molecule has 17 heavy (non-hydrogen) atoms. The van der Waals surface area contributed by atoms with Crippen molar-refractivity contribution in [1.82, 2.24) is 5.32 Å². The van der Waals surface area contributed by atoms with Crippen LogP contribution in [0.1, 0.15) is 29.8 Å². The Hall–Kier alpha value is -2.10. The van der Waals surface area contributed by atoms with Gasteiger partial charge in [0, 0.05) is 12.6 Å². The Balaban J connectivity index is 3.05. The standard InChI is InChI=1S/C13H15NO3/c1-4-12(14-9(2)15)10-6-5-7-11(8-10)13(16)17-3/h4-8H,1-3H3,(H,14,15). The zero-order valence-corrected chi connectivity index (χ0v) is 10.1. The van der Waals surface area contributed by atoms with Gasteiger partial charge in [0.15, 0.2) is 0 Å². The van der Waals surface area contributed by atoms with Gasteiger partial charge in [-0.2, -0.15) is 0 Å². The molecule has 0 radical (unpaired) electrons. The second kappa shape index (κ2) is 5.84. The van der Waals surface area contributed by atoms with E-state index in [1.165, 1.54) is 14.0 Å². The fourth-order valence-corrected chi connectivity index (χ4v) is 1.43. The lowest BCUT2D eigenvalue weighted by atomic mass is 10.1. The molecule has 0 aliphatic heterocycles. The first-order valence-electron chi connectivity index (χ1n) is 5.21. The first-order chi connectivity index (χ1) is 8.08. The fourth-order valence-electron chi connectivity index (χ4n) is 1.43. The average Bonchev–Trinajstić information content (AvgIpc) is 2.34. The number of benzene rings is 1. The van der Waals surface area contributed by atoms with Crippen molar-refractivity contribution in [2.24, 2.45) is 0 Å². The lowest BCUT2D eigenvalue weighted by molar-refractivity contribution is -0.117. The normalized spacial score (nSPS) is 10.9. The van der Waals surface area contributed by atoms with Crippen molar-refractivity contribution in [3.8, 4) is 0 Å². The van der Waals surface area contributed by atoms with E-state index in [-0.39, 0.29) is 5.91 Å². The number of allylic oxidation sites excluding steroid dienone is 1. The van der Waals surface area contributed by atoms with Crippen LogP contribution in [0.25, 0.3) is 5.70 Å². The maximum Gasteiger partial charge on any atom is 0.337 e. The second-order valence-electron chi connectivity index (χ2n) is 3.46. The van der Waals surface area contributed by atoms with Gasteiger partial charge in [0.05, 0.1) is 12.7 Å². The van der Waals surface area contributed by atoms with Crippen LogP contribution >= 0.6 is 0 Å². The molecule has 0 aliphatic rings. The molecule has 0 bridgehead atoms. The Morgan fingerprint density at radius 2 is 1.94 bits per heavy atom. The van der Waals surface area contributed by atoms with Crippen molar-refractivity contribution >= 4 is 17.6 Å². The third-order valence-corrected chi connectivity index (χ3v) is 2.19. The van der Waals surface area contributed by atoms with Crippen molar-refractivity contribution in [3.05, 3.63) is 41.5 Å². The van der Waals surface area contributed by atoms with Gasteiger partial charge in [0.1, 0.15) is 0 Å². The largest absolute Gasteiger partial charge is 0.465 e. The summed E-state index contributed by atoms with van der Waals surface area (Å²) < 4.78 is 4.64. The average molecular weight is 233 g/mol. The third kappa shape index (κ3) is 3.45. The number of methoxy groups -OCH3 is 1. The molecule has 0 atom stereocenters. The minimum Gasteiger partial charge on any atom is -0.465 e. The molecule has 0 fully saturated rings. The molecule has 1 amide bonds. The molecule has 0 unspecified atom stereocenters. The van der Waals surface area contributed by atoms with Gasteiger partial charge in [-0.1, -0.05) is 18.2 Å². The molecular weight excluding hydrogens is 218 g/mol. The van der Waals surface area contributed by atoms with Gasteiger partial charge in [0.25, 0.3) is 0 Å². The van der Waals surface area contributed by atoms with Crippen molar-refractivity contribution in [3.63, 3.8) is 0 Å². The number of hydrogen-bond acceptors (Lipinski definition) is 3. The number of amides is 1. The Bertz CT molecular complexity index is 463. The highest BCUT2D eigenvalue weighted by molar-refractivity contribution is 5.91. The van der Waals surface area contributed by atoms with Crippen LogP contribution in [0.15, 0.2) is 30.3 Å². The summed E-state index contributed by atoms with van der Waals surface area (Å²) in [6, 6.07) is 6.90. The molecule has 4 heteroatoms. The summed E-state index contributed by atoms with van der Waals surface area (Å²) in [5.74, 6) is -0.549. The molecule has 0 saturated carbocycles. The molecule has 1 aromatic rings. The zero-order valence-electron chi connectivity index (χ0n) is 10.1. The molecule has 1 rings (SSSR count). The van der Waals surface area contributed by atoms with Gasteiger partial charge < -0.3 is 10.1 Å². The van der Waals surface area contributed by atoms with Crippen molar-refractivity contribution < 1.29 is 14.3 Å². The van der Waals surface area contributed by atoms with Crippen molar-refractivity contribution in [1.29, 1.82) is 0 Å². The van der Waals surface area contributed by atoms with E-state index < -0.39 is 5.97 Å². The third-order valence-electron chi connectivity index (χ3n) is 2.19. The van der Waals surface area contributed by atoms with Crippen LogP contribution in [-0.2, 0) is 9.53 Å². The Labute approximate surface area is 100 Å². The van der Waals surface area contributed by atoms with Gasteiger partial charge in [-0.3, -0.25) is 4.79 Å². The number of carbonyl (C=O) groups is 2. The highest BCUT2D eigenvalue weighted by Crippen LogP contribution is 2.14. The summed E-state index contributed by atoms with van der Waals surface area (Å²) >= 11 is 0. The monoisotopic (exact) mass is 233 g/mol. The number of ether oxygens (including phenoxy) is 1. The lowest BCUT2D eigenvalue weighted by Crippen LogP contribution is -2.18. The molecule has 1 aromatic carbocycles. The van der Waals surface area contributed by atoms with Gasteiger partial charge in [-0.05, 0) is 24.6 Å². The highest BCUT2D eigenvalue weighted by Gasteiger charge is 2.08. The van der Waals surface area contributed by atoms with E-state index >= 15 is 0 Å².